The van der Waals surface area contributed by atoms with E-state index in [9.17, 15) is 32.8 Å². The van der Waals surface area contributed by atoms with E-state index < -0.39 is 29.8 Å². The number of nitrogens with one attached hydrogen (secondary N) is 3. The van der Waals surface area contributed by atoms with E-state index in [1.807, 2.05) is 24.3 Å². The SMILES string of the molecule is CCn1c(=C=C(C#N)C(=O)NCC(F)(F)F)sc(=C=CNc2cccc(NC(=O)CN(C)c3cccc(OC)c3)c2)c1=O. The molecule has 0 fully saturated rings. The molecule has 43 heavy (non-hydrogen) atoms. The molecule has 0 aliphatic carbocycles. The van der Waals surface area contributed by atoms with Gasteiger partial charge in [-0.3, -0.25) is 19.0 Å². The lowest BCUT2D eigenvalue weighted by Crippen LogP contribution is -2.34. The topological polar surface area (TPSA) is 128 Å². The van der Waals surface area contributed by atoms with Crippen LogP contribution in [0.5, 0.6) is 5.75 Å². The maximum atomic E-state index is 12.8. The van der Waals surface area contributed by atoms with E-state index in [0.29, 0.717) is 17.1 Å². The smallest absolute Gasteiger partial charge is 0.405 e. The van der Waals surface area contributed by atoms with Crippen molar-refractivity contribution in [2.24, 2.45) is 0 Å². The third kappa shape index (κ3) is 9.41. The van der Waals surface area contributed by atoms with Crippen molar-refractivity contribution in [1.29, 1.82) is 5.26 Å². The normalized spacial score (nSPS) is 10.4. The highest BCUT2D eigenvalue weighted by molar-refractivity contribution is 7.07. The van der Waals surface area contributed by atoms with Gasteiger partial charge in [0.1, 0.15) is 27.6 Å². The average Bonchev–Trinajstić information content (AvgIpc) is 3.27. The number of hydrogen-bond acceptors (Lipinski definition) is 8. The second-order valence-electron chi connectivity index (χ2n) is 8.81. The minimum Gasteiger partial charge on any atom is -0.497 e. The average molecular weight is 613 g/mol. The Hall–Kier alpha value is -5.21. The fourth-order valence-electron chi connectivity index (χ4n) is 3.62. The molecule has 2 amide bonds. The van der Waals surface area contributed by atoms with E-state index in [1.165, 1.54) is 16.8 Å². The Morgan fingerprint density at radius 3 is 2.56 bits per heavy atom. The number of nitrogens with zero attached hydrogens (tertiary/aromatic N) is 3. The van der Waals surface area contributed by atoms with Crippen molar-refractivity contribution in [1.82, 2.24) is 9.88 Å². The van der Waals surface area contributed by atoms with Crippen LogP contribution in [-0.4, -0.2) is 49.8 Å². The standard InChI is InChI=1S/C29H27F3N6O4S/c1-4-38-26(13-19(16-33)27(40)35-18-29(30,31)32)43-24(28(38)41)11-12-34-20-7-5-8-21(14-20)36-25(39)17-37(2)22-9-6-10-23(15-22)42-3/h5-10,12,14-15,34H,4,17-18H2,1-3H3,(H,35,40)(H,36,39). The van der Waals surface area contributed by atoms with Gasteiger partial charge >= 0.3 is 6.18 Å². The van der Waals surface area contributed by atoms with Crippen molar-refractivity contribution in [3.8, 4) is 11.8 Å². The number of ether oxygens (including phenoxy) is 1. The predicted octanol–water partition coefficient (Wildman–Crippen LogP) is 2.53. The third-order valence-corrected chi connectivity index (χ3v) is 6.70. The maximum Gasteiger partial charge on any atom is 0.405 e. The fraction of sp³-hybridized carbons (Fsp3) is 0.241. The molecule has 14 heteroatoms. The molecule has 0 aliphatic rings. The number of aromatic nitrogens is 1. The largest absolute Gasteiger partial charge is 0.497 e. The summed E-state index contributed by atoms with van der Waals surface area (Å²) in [5, 5.41) is 16.6. The molecule has 3 aromatic rings. The van der Waals surface area contributed by atoms with Crippen LogP contribution in [0.4, 0.5) is 30.2 Å². The van der Waals surface area contributed by atoms with Crippen LogP contribution in [0.15, 0.2) is 65.1 Å². The fourth-order valence-corrected chi connectivity index (χ4v) is 4.60. The summed E-state index contributed by atoms with van der Waals surface area (Å²) < 4.78 is 43.9. The number of carbonyl (C=O) groups excluding carboxylic acids is 2. The molecule has 0 radical (unpaired) electrons. The molecule has 0 spiro atoms. The van der Waals surface area contributed by atoms with Gasteiger partial charge in [-0.05, 0) is 37.3 Å². The van der Waals surface area contributed by atoms with E-state index in [4.69, 9.17) is 4.74 Å². The van der Waals surface area contributed by atoms with Gasteiger partial charge in [0.15, 0.2) is 5.57 Å². The Kier molecular flexibility index (Phi) is 11.0. The quantitative estimate of drug-likeness (QED) is 0.237. The molecule has 3 N–H and O–H groups in total. The van der Waals surface area contributed by atoms with E-state index in [2.05, 4.69) is 22.1 Å². The van der Waals surface area contributed by atoms with Crippen molar-refractivity contribution in [2.45, 2.75) is 19.6 Å². The number of halogens is 3. The van der Waals surface area contributed by atoms with Crippen LogP contribution in [0.25, 0.3) is 11.5 Å². The van der Waals surface area contributed by atoms with E-state index in [1.54, 1.807) is 55.6 Å². The van der Waals surface area contributed by atoms with Crippen molar-refractivity contribution >= 4 is 51.7 Å². The number of anilines is 3. The first-order valence-corrected chi connectivity index (χ1v) is 13.5. The summed E-state index contributed by atoms with van der Waals surface area (Å²) in [7, 11) is 3.35. The molecule has 0 saturated carbocycles. The minimum atomic E-state index is -4.65. The molecule has 3 rings (SSSR count). The van der Waals surface area contributed by atoms with Crippen molar-refractivity contribution in [3.63, 3.8) is 0 Å². The lowest BCUT2D eigenvalue weighted by atomic mass is 10.2. The molecular formula is C29H27F3N6O4S. The molecule has 0 saturated heterocycles. The van der Waals surface area contributed by atoms with Crippen molar-refractivity contribution < 1.29 is 27.5 Å². The molecule has 0 bridgehead atoms. The number of amides is 2. The lowest BCUT2D eigenvalue weighted by molar-refractivity contribution is -0.136. The number of carbonyl (C=O) groups is 2. The number of likely N-dealkylation sites (N-methyl/N-ethyl adjacent to an activating group) is 1. The third-order valence-electron chi connectivity index (χ3n) is 5.68. The molecule has 1 aromatic heterocycles. The van der Waals surface area contributed by atoms with Crippen LogP contribution in [0, 0.1) is 11.3 Å². The molecule has 0 unspecified atom stereocenters. The van der Waals surface area contributed by atoms with Gasteiger partial charge in [-0.2, -0.15) is 18.4 Å². The molecular weight excluding hydrogens is 585 g/mol. The van der Waals surface area contributed by atoms with Gasteiger partial charge in [-0.15, -0.1) is 0 Å². The zero-order valence-electron chi connectivity index (χ0n) is 23.3. The number of benzene rings is 2. The Morgan fingerprint density at radius 2 is 1.88 bits per heavy atom. The molecule has 224 valence electrons. The summed E-state index contributed by atoms with van der Waals surface area (Å²) >= 11 is 0.862. The first kappa shape index (κ1) is 32.3. The summed E-state index contributed by atoms with van der Waals surface area (Å²) in [5.74, 6) is -0.830. The summed E-state index contributed by atoms with van der Waals surface area (Å²) in [6, 6.07) is 15.7. The number of hydrogen-bond donors (Lipinski definition) is 3. The monoisotopic (exact) mass is 612 g/mol. The van der Waals surface area contributed by atoms with E-state index >= 15 is 0 Å². The highest BCUT2D eigenvalue weighted by atomic mass is 32.1. The van der Waals surface area contributed by atoms with Crippen LogP contribution in [-0.2, 0) is 16.1 Å². The Morgan fingerprint density at radius 1 is 1.16 bits per heavy atom. The van der Waals surface area contributed by atoms with Gasteiger partial charge in [-0.1, -0.05) is 34.9 Å². The second-order valence-corrected chi connectivity index (χ2v) is 9.81. The number of nitriles is 1. The first-order valence-electron chi connectivity index (χ1n) is 12.7. The minimum absolute atomic E-state index is 0.0748. The van der Waals surface area contributed by atoms with Crippen LogP contribution in [0.1, 0.15) is 6.92 Å². The molecule has 2 aromatic carbocycles. The van der Waals surface area contributed by atoms with Crippen molar-refractivity contribution in [3.05, 3.63) is 79.9 Å². The zero-order chi connectivity index (χ0) is 31.6. The lowest BCUT2D eigenvalue weighted by Gasteiger charge is -2.19. The summed E-state index contributed by atoms with van der Waals surface area (Å²) in [5.41, 5.74) is 5.98. The summed E-state index contributed by atoms with van der Waals surface area (Å²) in [6.45, 7) is 0.285. The molecule has 0 aliphatic heterocycles. The van der Waals surface area contributed by atoms with Crippen molar-refractivity contribution in [2.75, 3.05) is 42.8 Å². The number of rotatable bonds is 10. The maximum absolute atomic E-state index is 12.8. The molecule has 1 heterocycles. The molecule has 0 atom stereocenters. The van der Waals surface area contributed by atoms with E-state index in [-0.39, 0.29) is 28.2 Å². The summed E-state index contributed by atoms with van der Waals surface area (Å²) in [6.07, 6.45) is -3.27. The van der Waals surface area contributed by atoms with E-state index in [0.717, 1.165) is 17.0 Å². The highest BCUT2D eigenvalue weighted by Gasteiger charge is 2.28. The number of methoxy groups -OCH3 is 1. The Bertz CT molecular complexity index is 1800. The van der Waals surface area contributed by atoms with Gasteiger partial charge < -0.3 is 25.6 Å². The van der Waals surface area contributed by atoms with Gasteiger partial charge in [0, 0.05) is 42.9 Å². The first-order chi connectivity index (χ1) is 20.4. The molecule has 10 nitrogen and oxygen atoms in total. The summed E-state index contributed by atoms with van der Waals surface area (Å²) in [4.78, 5) is 39.2. The zero-order valence-corrected chi connectivity index (χ0v) is 24.2. The Balaban J connectivity index is 1.78. The van der Waals surface area contributed by atoms with Crippen LogP contribution in [0.2, 0.25) is 0 Å². The number of alkyl halides is 3. The Labute approximate surface area is 248 Å². The van der Waals surface area contributed by atoms with Gasteiger partial charge in [0.25, 0.3) is 11.5 Å². The second kappa shape index (κ2) is 14.6. The van der Waals surface area contributed by atoms with Crippen LogP contribution in [0.3, 0.4) is 0 Å². The highest BCUT2D eigenvalue weighted by Crippen LogP contribution is 2.20. The number of thiazole rings is 1. The van der Waals surface area contributed by atoms with Gasteiger partial charge in [-0.25, -0.2) is 0 Å². The van der Waals surface area contributed by atoms with Crippen LogP contribution < -0.4 is 40.3 Å². The van der Waals surface area contributed by atoms with Crippen LogP contribution >= 0.6 is 11.3 Å². The van der Waals surface area contributed by atoms with Gasteiger partial charge in [0.05, 0.1) is 13.7 Å². The van der Waals surface area contributed by atoms with Gasteiger partial charge in [0.2, 0.25) is 5.91 Å². The predicted molar refractivity (Wildman–Crippen MR) is 158 cm³/mol.